The minimum atomic E-state index is -4.13. The summed E-state index contributed by atoms with van der Waals surface area (Å²) in [6.07, 6.45) is -0.601. The normalized spacial score (nSPS) is 21.1. The molecule has 0 spiro atoms. The molecule has 0 amide bonds. The second-order valence-corrected chi connectivity index (χ2v) is 9.99. The van der Waals surface area contributed by atoms with Crippen molar-refractivity contribution in [2.24, 2.45) is 0 Å². The number of rotatable bonds is 9. The molecule has 1 saturated heterocycles. The Kier molecular flexibility index (Phi) is 7.30. The topological polar surface area (TPSA) is 143 Å². The molecule has 1 aliphatic heterocycles. The number of halogens is 1. The van der Waals surface area contributed by atoms with Gasteiger partial charge >= 0.3 is 7.60 Å². The second kappa shape index (κ2) is 10.0. The Balaban J connectivity index is 1.49. The van der Waals surface area contributed by atoms with Gasteiger partial charge in [0.2, 0.25) is 5.28 Å². The fourth-order valence-corrected chi connectivity index (χ4v) is 4.24. The van der Waals surface area contributed by atoms with E-state index in [-0.39, 0.29) is 24.9 Å². The minimum absolute atomic E-state index is 0.00231. The predicted molar refractivity (Wildman–Crippen MR) is 121 cm³/mol. The molecule has 3 atom stereocenters. The number of anilines is 1. The summed E-state index contributed by atoms with van der Waals surface area (Å²) < 4.78 is 23.7. The second-order valence-electron chi connectivity index (χ2n) is 7.88. The maximum Gasteiger partial charge on any atom is 0.327 e. The van der Waals surface area contributed by atoms with Crippen LogP contribution in [-0.4, -0.2) is 73.3 Å². The molecule has 11 nitrogen and oxygen atoms in total. The van der Waals surface area contributed by atoms with Gasteiger partial charge in [-0.15, -0.1) is 0 Å². The number of nitrogens with zero attached hydrogens (tertiary/aromatic N) is 5. The summed E-state index contributed by atoms with van der Waals surface area (Å²) >= 11 is 6.22. The highest BCUT2D eigenvalue weighted by Gasteiger charge is 2.36. The fourth-order valence-electron chi connectivity index (χ4n) is 3.72. The van der Waals surface area contributed by atoms with Gasteiger partial charge in [-0.1, -0.05) is 30.3 Å². The Morgan fingerprint density at radius 3 is 2.79 bits per heavy atom. The quantitative estimate of drug-likeness (QED) is 0.228. The van der Waals surface area contributed by atoms with Crippen LogP contribution in [0.4, 0.5) is 5.82 Å². The highest BCUT2D eigenvalue weighted by atomic mass is 35.5. The van der Waals surface area contributed by atoms with Gasteiger partial charge in [0.05, 0.1) is 37.1 Å². The van der Waals surface area contributed by atoms with Crippen LogP contribution in [0, 0.1) is 0 Å². The highest BCUT2D eigenvalue weighted by molar-refractivity contribution is 7.51. The number of aliphatic hydroxyl groups excluding tert-OH is 1. The number of aromatic nitrogens is 4. The zero-order valence-electron chi connectivity index (χ0n) is 17.9. The first-order valence-corrected chi connectivity index (χ1v) is 12.5. The molecule has 3 N–H and O–H groups in total. The van der Waals surface area contributed by atoms with E-state index >= 15 is 0 Å². The van der Waals surface area contributed by atoms with Crippen LogP contribution in [-0.2, 0) is 20.6 Å². The summed E-state index contributed by atoms with van der Waals surface area (Å²) in [6, 6.07) is 9.95. The lowest BCUT2D eigenvalue weighted by molar-refractivity contribution is -0.0625. The number of aliphatic hydroxyl groups is 1. The van der Waals surface area contributed by atoms with Crippen LogP contribution in [0.1, 0.15) is 18.2 Å². The third-order valence-corrected chi connectivity index (χ3v) is 6.25. The van der Waals surface area contributed by atoms with Crippen LogP contribution >= 0.6 is 19.2 Å². The van der Waals surface area contributed by atoms with Crippen LogP contribution in [0.15, 0.2) is 36.5 Å². The Morgan fingerprint density at radius 1 is 1.30 bits per heavy atom. The van der Waals surface area contributed by atoms with Gasteiger partial charge in [-0.3, -0.25) is 4.57 Å². The van der Waals surface area contributed by atoms with Crippen molar-refractivity contribution >= 4 is 36.0 Å². The van der Waals surface area contributed by atoms with Crippen molar-refractivity contribution < 1.29 is 28.9 Å². The minimum Gasteiger partial charge on any atom is -0.390 e. The molecule has 1 aliphatic rings. The maximum atomic E-state index is 10.9. The van der Waals surface area contributed by atoms with Gasteiger partial charge in [-0.25, -0.2) is 4.68 Å². The number of hydrogen-bond acceptors (Lipinski definition) is 8. The van der Waals surface area contributed by atoms with E-state index in [2.05, 4.69) is 15.1 Å². The van der Waals surface area contributed by atoms with Crippen LogP contribution in [0.25, 0.3) is 11.0 Å². The van der Waals surface area contributed by atoms with Crippen molar-refractivity contribution in [3.05, 3.63) is 47.4 Å². The van der Waals surface area contributed by atoms with Crippen LogP contribution in [0.3, 0.4) is 0 Å². The molecule has 4 rings (SSSR count). The maximum absolute atomic E-state index is 10.9. The summed E-state index contributed by atoms with van der Waals surface area (Å²) in [5.41, 5.74) is 1.59. The molecule has 33 heavy (non-hydrogen) atoms. The molecule has 0 radical (unpaired) electrons. The fraction of sp³-hybridized carbons (Fsp3) is 0.450. The molecule has 3 aromatic rings. The van der Waals surface area contributed by atoms with E-state index in [4.69, 9.17) is 30.9 Å². The van der Waals surface area contributed by atoms with Crippen molar-refractivity contribution in [2.75, 3.05) is 31.3 Å². The average Bonchev–Trinajstić information content (AvgIpc) is 3.33. The highest BCUT2D eigenvalue weighted by Crippen LogP contribution is 2.35. The standard InChI is InChI=1S/C20H25ClN5O6P/c1-25(11-13-5-3-2-4-6-13)18-14-10-22-26(19(14)24-20(21)23-18)17-9-15(27)16(32-17)12-31-7-8-33(28,29)30/h2-6,10,15-17,27H,7-9,11-12H2,1H3,(H2,28,29,30)/t15-,16+,17+/m0/s1. The summed E-state index contributed by atoms with van der Waals surface area (Å²) in [5.74, 6) is 0.621. The summed E-state index contributed by atoms with van der Waals surface area (Å²) in [4.78, 5) is 28.5. The van der Waals surface area contributed by atoms with Crippen molar-refractivity contribution in [3.63, 3.8) is 0 Å². The molecular weight excluding hydrogens is 473 g/mol. The first kappa shape index (κ1) is 24.0. The van der Waals surface area contributed by atoms with Crippen LogP contribution < -0.4 is 4.90 Å². The summed E-state index contributed by atoms with van der Waals surface area (Å²) in [6.45, 7) is 0.477. The van der Waals surface area contributed by atoms with E-state index < -0.39 is 32.2 Å². The molecular formula is C20H25ClN5O6P. The number of hydrogen-bond donors (Lipinski definition) is 3. The van der Waals surface area contributed by atoms with Crippen LogP contribution in [0.2, 0.25) is 5.28 Å². The third kappa shape index (κ3) is 5.88. The van der Waals surface area contributed by atoms with Crippen molar-refractivity contribution in [1.82, 2.24) is 19.7 Å². The molecule has 0 unspecified atom stereocenters. The monoisotopic (exact) mass is 497 g/mol. The van der Waals surface area contributed by atoms with Gasteiger partial charge in [-0.2, -0.15) is 15.1 Å². The Morgan fingerprint density at radius 2 is 2.06 bits per heavy atom. The van der Waals surface area contributed by atoms with Gasteiger partial charge < -0.3 is 29.3 Å². The predicted octanol–water partition coefficient (Wildman–Crippen LogP) is 1.96. The van der Waals surface area contributed by atoms with Crippen molar-refractivity contribution in [1.29, 1.82) is 0 Å². The lowest BCUT2D eigenvalue weighted by Gasteiger charge is -2.19. The van der Waals surface area contributed by atoms with Gasteiger partial charge in [0.15, 0.2) is 11.9 Å². The average molecular weight is 498 g/mol. The number of ether oxygens (including phenoxy) is 2. The third-order valence-electron chi connectivity index (χ3n) is 5.32. The summed E-state index contributed by atoms with van der Waals surface area (Å²) in [5, 5.41) is 15.6. The van der Waals surface area contributed by atoms with E-state index in [1.165, 1.54) is 0 Å². The lowest BCUT2D eigenvalue weighted by atomic mass is 10.2. The van der Waals surface area contributed by atoms with E-state index in [1.54, 1.807) is 10.9 Å². The molecule has 3 heterocycles. The Labute approximate surface area is 195 Å². The SMILES string of the molecule is CN(Cc1ccccc1)c1nc(Cl)nc2c1cnn2[C@H]1C[C@H](O)[C@@H](COCCP(=O)(O)O)O1. The van der Waals surface area contributed by atoms with E-state index in [0.29, 0.717) is 23.4 Å². The molecule has 0 bridgehead atoms. The number of fused-ring (bicyclic) bond motifs is 1. The Bertz CT molecular complexity index is 1140. The zero-order chi connectivity index (χ0) is 23.6. The lowest BCUT2D eigenvalue weighted by Crippen LogP contribution is -2.27. The van der Waals surface area contributed by atoms with Gasteiger partial charge in [-0.05, 0) is 17.2 Å². The molecule has 0 saturated carbocycles. The van der Waals surface area contributed by atoms with Crippen molar-refractivity contribution in [3.8, 4) is 0 Å². The first-order valence-electron chi connectivity index (χ1n) is 10.3. The Hall–Kier alpha value is -2.11. The number of benzene rings is 1. The van der Waals surface area contributed by atoms with E-state index in [0.717, 1.165) is 5.56 Å². The summed E-state index contributed by atoms with van der Waals surface area (Å²) in [7, 11) is -2.23. The molecule has 178 valence electrons. The van der Waals surface area contributed by atoms with Gasteiger partial charge in [0.1, 0.15) is 11.9 Å². The molecule has 1 aromatic carbocycles. The largest absolute Gasteiger partial charge is 0.390 e. The van der Waals surface area contributed by atoms with Crippen LogP contribution in [0.5, 0.6) is 0 Å². The smallest absolute Gasteiger partial charge is 0.327 e. The molecule has 1 fully saturated rings. The van der Waals surface area contributed by atoms with E-state index in [1.807, 2.05) is 42.3 Å². The molecule has 13 heteroatoms. The van der Waals surface area contributed by atoms with Gasteiger partial charge in [0, 0.05) is 20.0 Å². The van der Waals surface area contributed by atoms with Crippen molar-refractivity contribution in [2.45, 2.75) is 31.4 Å². The van der Waals surface area contributed by atoms with Gasteiger partial charge in [0.25, 0.3) is 0 Å². The molecule has 2 aromatic heterocycles. The first-order chi connectivity index (χ1) is 15.7. The molecule has 0 aliphatic carbocycles. The van der Waals surface area contributed by atoms with E-state index in [9.17, 15) is 9.67 Å². The zero-order valence-corrected chi connectivity index (χ0v) is 19.5.